The van der Waals surface area contributed by atoms with Gasteiger partial charge in [0.25, 0.3) is 0 Å². The molecule has 0 aliphatic carbocycles. The zero-order valence-electron chi connectivity index (χ0n) is 19.5. The molecule has 2 aromatic rings. The second-order valence-electron chi connectivity index (χ2n) is 8.22. The Kier molecular flexibility index (Phi) is 8.20. The van der Waals surface area contributed by atoms with Gasteiger partial charge < -0.3 is 14.7 Å². The number of halogens is 1. The molecule has 1 aromatic carbocycles. The Hall–Kier alpha value is -2.96. The molecule has 1 fully saturated rings. The Morgan fingerprint density at radius 3 is 2.44 bits per heavy atom. The third kappa shape index (κ3) is 5.26. The fourth-order valence-electron chi connectivity index (χ4n) is 4.09. The molecule has 4 rings (SSSR count). The van der Waals surface area contributed by atoms with Crippen LogP contribution in [0.5, 0.6) is 0 Å². The summed E-state index contributed by atoms with van der Waals surface area (Å²) in [6, 6.07) is 5.18. The zero-order valence-corrected chi connectivity index (χ0v) is 19.5. The number of hydrogen-bond donors (Lipinski definition) is 0. The maximum absolute atomic E-state index is 14.4. The van der Waals surface area contributed by atoms with E-state index in [1.54, 1.807) is 17.3 Å². The summed E-state index contributed by atoms with van der Waals surface area (Å²) in [5.41, 5.74) is 3.67. The number of piperazine rings is 1. The monoisotopic (exact) mass is 439 g/mol. The van der Waals surface area contributed by atoms with Gasteiger partial charge >= 0.3 is 0 Å². The van der Waals surface area contributed by atoms with Gasteiger partial charge in [-0.05, 0) is 31.1 Å². The Labute approximate surface area is 190 Å². The lowest BCUT2D eigenvalue weighted by atomic mass is 10.0. The lowest BCUT2D eigenvalue weighted by Crippen LogP contribution is -2.49. The van der Waals surface area contributed by atoms with Crippen molar-refractivity contribution in [2.45, 2.75) is 46.6 Å². The minimum Gasteiger partial charge on any atom is -0.363 e. The van der Waals surface area contributed by atoms with E-state index < -0.39 is 0 Å². The van der Waals surface area contributed by atoms with Crippen molar-refractivity contribution >= 4 is 17.4 Å². The molecule has 0 radical (unpaired) electrons. The number of anilines is 2. The third-order valence-electron chi connectivity index (χ3n) is 6.05. The number of para-hydroxylation sites is 1. The van der Waals surface area contributed by atoms with E-state index in [-0.39, 0.29) is 11.7 Å². The number of hydrogen-bond acceptors (Lipinski definition) is 5. The quantitative estimate of drug-likeness (QED) is 0.671. The van der Waals surface area contributed by atoms with Crippen molar-refractivity contribution in [3.63, 3.8) is 0 Å². The first kappa shape index (κ1) is 23.7. The molecule has 6 nitrogen and oxygen atoms in total. The second-order valence-corrected chi connectivity index (χ2v) is 8.22. The summed E-state index contributed by atoms with van der Waals surface area (Å²) >= 11 is 0. The van der Waals surface area contributed by atoms with Gasteiger partial charge in [-0.25, -0.2) is 14.4 Å². The second kappa shape index (κ2) is 11.1. The number of aryl methyl sites for hydroxylation is 1. The maximum Gasteiger partial charge on any atom is 0.246 e. The molecule has 1 saturated heterocycles. The molecule has 2 aliphatic heterocycles. The van der Waals surface area contributed by atoms with Crippen LogP contribution in [0.1, 0.15) is 43.5 Å². The molecule has 0 spiro atoms. The van der Waals surface area contributed by atoms with Gasteiger partial charge in [0.05, 0.1) is 17.9 Å². The smallest absolute Gasteiger partial charge is 0.246 e. The molecule has 0 unspecified atom stereocenters. The van der Waals surface area contributed by atoms with Gasteiger partial charge in [-0.2, -0.15) is 0 Å². The van der Waals surface area contributed by atoms with Gasteiger partial charge in [-0.1, -0.05) is 45.4 Å². The molecular formula is C25H34FN5O. The van der Waals surface area contributed by atoms with Crippen LogP contribution in [0, 0.1) is 12.7 Å². The number of nitrogens with zero attached hydrogens (tertiary/aromatic N) is 5. The van der Waals surface area contributed by atoms with Crippen LogP contribution in [-0.4, -0.2) is 53.5 Å². The Morgan fingerprint density at radius 1 is 1.09 bits per heavy atom. The maximum atomic E-state index is 14.4. The fraction of sp³-hybridized carbons (Fsp3) is 0.480. The first-order valence-electron chi connectivity index (χ1n) is 11.5. The molecule has 2 aliphatic rings. The number of fused-ring (bicyclic) bond motifs is 1. The highest BCUT2D eigenvalue weighted by Crippen LogP contribution is 2.31. The average Bonchev–Trinajstić information content (AvgIpc) is 2.83. The van der Waals surface area contributed by atoms with Crippen molar-refractivity contribution in [2.75, 3.05) is 42.5 Å². The van der Waals surface area contributed by atoms with Gasteiger partial charge in [0, 0.05) is 38.3 Å². The number of aromatic nitrogens is 2. The van der Waals surface area contributed by atoms with Gasteiger partial charge in [0.2, 0.25) is 5.91 Å². The number of amides is 1. The lowest BCUT2D eigenvalue weighted by Gasteiger charge is -2.37. The van der Waals surface area contributed by atoms with Gasteiger partial charge in [-0.15, -0.1) is 0 Å². The first-order valence-corrected chi connectivity index (χ1v) is 11.5. The van der Waals surface area contributed by atoms with Crippen LogP contribution in [-0.2, 0) is 17.8 Å². The number of rotatable bonds is 4. The largest absolute Gasteiger partial charge is 0.363 e. The highest BCUT2D eigenvalue weighted by atomic mass is 19.1. The van der Waals surface area contributed by atoms with Crippen LogP contribution in [0.2, 0.25) is 0 Å². The molecule has 32 heavy (non-hydrogen) atoms. The van der Waals surface area contributed by atoms with E-state index in [4.69, 9.17) is 0 Å². The van der Waals surface area contributed by atoms with Crippen LogP contribution in [0.25, 0.3) is 0 Å². The Bertz CT molecular complexity index is 918. The van der Waals surface area contributed by atoms with Crippen LogP contribution < -0.4 is 9.80 Å². The van der Waals surface area contributed by atoms with E-state index in [9.17, 15) is 9.18 Å². The Morgan fingerprint density at radius 2 is 1.81 bits per heavy atom. The minimum atomic E-state index is -0.194. The summed E-state index contributed by atoms with van der Waals surface area (Å²) in [6.45, 7) is 13.9. The summed E-state index contributed by atoms with van der Waals surface area (Å²) in [4.78, 5) is 26.9. The van der Waals surface area contributed by atoms with Crippen LogP contribution in [0.15, 0.2) is 37.2 Å². The van der Waals surface area contributed by atoms with E-state index in [1.807, 2.05) is 13.0 Å². The van der Waals surface area contributed by atoms with Crippen molar-refractivity contribution in [2.24, 2.45) is 0 Å². The first-order chi connectivity index (χ1) is 15.5. The van der Waals surface area contributed by atoms with E-state index in [1.165, 1.54) is 25.0 Å². The summed E-state index contributed by atoms with van der Waals surface area (Å²) in [5.74, 6) is 0.724. The predicted molar refractivity (Wildman–Crippen MR) is 127 cm³/mol. The van der Waals surface area contributed by atoms with Crippen LogP contribution >= 0.6 is 0 Å². The van der Waals surface area contributed by atoms with Crippen molar-refractivity contribution in [3.8, 4) is 0 Å². The van der Waals surface area contributed by atoms with E-state index in [2.05, 4.69) is 40.2 Å². The number of benzene rings is 1. The summed E-state index contributed by atoms with van der Waals surface area (Å²) in [7, 11) is 0. The van der Waals surface area contributed by atoms with Crippen molar-refractivity contribution in [1.29, 1.82) is 0 Å². The highest BCUT2D eigenvalue weighted by molar-refractivity contribution is 5.87. The summed E-state index contributed by atoms with van der Waals surface area (Å²) in [6.07, 6.45) is 6.36. The number of carbonyl (C=O) groups excluding carboxylic acids is 1. The van der Waals surface area contributed by atoms with Crippen molar-refractivity contribution < 1.29 is 9.18 Å². The van der Waals surface area contributed by atoms with E-state index in [0.717, 1.165) is 48.7 Å². The number of unbranched alkanes of at least 4 members (excludes halogenated alkanes) is 1. The molecule has 3 heterocycles. The Balaban J connectivity index is 0.000000668. The van der Waals surface area contributed by atoms with E-state index in [0.29, 0.717) is 25.3 Å². The molecule has 1 amide bonds. The SMILES string of the molecule is C=CC(=O)N1CCN(c2ncnc3c2CCN(c2c(C)cccc2F)C3)CC1.CCCC. The summed E-state index contributed by atoms with van der Waals surface area (Å²) < 4.78 is 14.4. The van der Waals surface area contributed by atoms with Crippen molar-refractivity contribution in [3.05, 3.63) is 59.8 Å². The molecule has 0 saturated carbocycles. The topological polar surface area (TPSA) is 52.6 Å². The highest BCUT2D eigenvalue weighted by Gasteiger charge is 2.27. The van der Waals surface area contributed by atoms with Gasteiger partial charge in [0.1, 0.15) is 18.0 Å². The van der Waals surface area contributed by atoms with Crippen LogP contribution in [0.4, 0.5) is 15.9 Å². The van der Waals surface area contributed by atoms with E-state index >= 15 is 0 Å². The predicted octanol–water partition coefficient (Wildman–Crippen LogP) is 4.13. The normalized spacial score (nSPS) is 15.6. The van der Waals surface area contributed by atoms with Crippen molar-refractivity contribution in [1.82, 2.24) is 14.9 Å². The minimum absolute atomic E-state index is 0.0275. The molecule has 172 valence electrons. The standard InChI is InChI=1S/C21H24FN5O.C4H10/c1-3-19(28)25-9-11-26(12-10-25)21-16-7-8-27(13-18(16)23-14-24-21)20-15(2)5-4-6-17(20)22;1-3-4-2/h3-6,14H,1,7-13H2,2H3;3-4H2,1-2H3. The molecule has 7 heteroatoms. The average molecular weight is 440 g/mol. The molecule has 0 bridgehead atoms. The lowest BCUT2D eigenvalue weighted by molar-refractivity contribution is -0.126. The zero-order chi connectivity index (χ0) is 23.1. The fourth-order valence-corrected chi connectivity index (χ4v) is 4.09. The summed E-state index contributed by atoms with van der Waals surface area (Å²) in [5, 5.41) is 0. The molecule has 0 atom stereocenters. The number of carbonyl (C=O) groups is 1. The molecule has 0 N–H and O–H groups in total. The molecular weight excluding hydrogens is 405 g/mol. The molecule has 1 aromatic heterocycles. The van der Waals surface area contributed by atoms with Gasteiger partial charge in [0.15, 0.2) is 0 Å². The van der Waals surface area contributed by atoms with Gasteiger partial charge in [-0.3, -0.25) is 4.79 Å². The van der Waals surface area contributed by atoms with Crippen LogP contribution in [0.3, 0.4) is 0 Å². The third-order valence-corrected chi connectivity index (χ3v) is 6.05.